The van der Waals surface area contributed by atoms with E-state index in [0.29, 0.717) is 25.2 Å². The number of pyridine rings is 1. The van der Waals surface area contributed by atoms with Gasteiger partial charge in [0, 0.05) is 59.5 Å². The number of carbonyl (C=O) groups excluding carboxylic acids is 1. The fourth-order valence-electron chi connectivity index (χ4n) is 3.11. The van der Waals surface area contributed by atoms with E-state index in [-0.39, 0.29) is 5.91 Å². The van der Waals surface area contributed by atoms with Crippen LogP contribution >= 0.6 is 15.9 Å². The van der Waals surface area contributed by atoms with Crippen molar-refractivity contribution in [1.82, 2.24) is 19.5 Å². The quantitative estimate of drug-likeness (QED) is 0.489. The number of nitrogens with zero attached hydrogens (tertiary/aromatic N) is 3. The van der Waals surface area contributed by atoms with E-state index >= 15 is 0 Å². The van der Waals surface area contributed by atoms with Gasteiger partial charge in [-0.05, 0) is 35.9 Å². The first-order valence-electron chi connectivity index (χ1n) is 8.65. The first kappa shape index (κ1) is 17.5. The zero-order chi connectivity index (χ0) is 18.6. The molecule has 0 aliphatic carbocycles. The number of carbonyl (C=O) groups is 1. The minimum absolute atomic E-state index is 0.0553. The molecule has 1 aromatic carbocycles. The number of benzene rings is 1. The number of halogens is 1. The van der Waals surface area contributed by atoms with E-state index in [1.54, 1.807) is 18.5 Å². The summed E-state index contributed by atoms with van der Waals surface area (Å²) >= 11 is 3.55. The van der Waals surface area contributed by atoms with E-state index in [9.17, 15) is 4.79 Å². The smallest absolute Gasteiger partial charge is 0.227 e. The standard InChI is InChI=1S/C20H18BrN5O/c21-15-4-5-17-16(12-15)14(11-19-23-8-9-24-19)13-26(17)10-6-20(27)25-18-3-1-2-7-22-18/h1-5,7-9,12-13H,6,10-11H2,(H,23,24)(H,22,25,27). The van der Waals surface area contributed by atoms with E-state index in [2.05, 4.69) is 59.1 Å². The number of nitrogens with one attached hydrogen (secondary N) is 2. The number of hydrogen-bond acceptors (Lipinski definition) is 3. The third-order valence-corrected chi connectivity index (χ3v) is 4.84. The third kappa shape index (κ3) is 4.09. The van der Waals surface area contributed by atoms with Crippen molar-refractivity contribution in [3.05, 3.63) is 77.0 Å². The number of hydrogen-bond donors (Lipinski definition) is 2. The molecule has 0 fully saturated rings. The molecule has 136 valence electrons. The number of H-pyrrole nitrogens is 1. The average Bonchev–Trinajstić information content (AvgIpc) is 3.29. The van der Waals surface area contributed by atoms with Crippen molar-refractivity contribution in [3.8, 4) is 0 Å². The fraction of sp³-hybridized carbons (Fsp3) is 0.150. The second-order valence-corrected chi connectivity index (χ2v) is 7.15. The Hall–Kier alpha value is -2.93. The van der Waals surface area contributed by atoms with Crippen molar-refractivity contribution < 1.29 is 4.79 Å². The topological polar surface area (TPSA) is 75.6 Å². The predicted molar refractivity (Wildman–Crippen MR) is 109 cm³/mol. The molecule has 1 amide bonds. The van der Waals surface area contributed by atoms with Gasteiger partial charge in [-0.15, -0.1) is 0 Å². The van der Waals surface area contributed by atoms with Crippen molar-refractivity contribution in [3.63, 3.8) is 0 Å². The van der Waals surface area contributed by atoms with Crippen LogP contribution in [0.2, 0.25) is 0 Å². The lowest BCUT2D eigenvalue weighted by Gasteiger charge is -2.06. The Morgan fingerprint density at radius 3 is 2.89 bits per heavy atom. The minimum atomic E-state index is -0.0553. The van der Waals surface area contributed by atoms with Crippen LogP contribution in [0.25, 0.3) is 10.9 Å². The SMILES string of the molecule is O=C(CCn1cc(Cc2ncc[nH]2)c2cc(Br)ccc21)Nc1ccccn1. The maximum Gasteiger partial charge on any atom is 0.227 e. The molecule has 2 N–H and O–H groups in total. The molecule has 4 aromatic rings. The summed E-state index contributed by atoms with van der Waals surface area (Å²) in [5.74, 6) is 1.43. The molecule has 3 aromatic heterocycles. The highest BCUT2D eigenvalue weighted by atomic mass is 79.9. The van der Waals surface area contributed by atoms with Crippen LogP contribution in [0, 0.1) is 0 Å². The van der Waals surface area contributed by atoms with Crippen LogP contribution in [0.4, 0.5) is 5.82 Å². The number of anilines is 1. The highest BCUT2D eigenvalue weighted by molar-refractivity contribution is 9.10. The van der Waals surface area contributed by atoms with Crippen LogP contribution in [0.5, 0.6) is 0 Å². The van der Waals surface area contributed by atoms with Crippen LogP contribution in [-0.2, 0) is 17.8 Å². The van der Waals surface area contributed by atoms with Gasteiger partial charge in [-0.3, -0.25) is 4.79 Å². The normalized spacial score (nSPS) is 11.0. The molecule has 0 saturated carbocycles. The van der Waals surface area contributed by atoms with E-state index in [4.69, 9.17) is 0 Å². The summed E-state index contributed by atoms with van der Waals surface area (Å²) in [4.78, 5) is 23.8. The van der Waals surface area contributed by atoms with Gasteiger partial charge in [-0.1, -0.05) is 22.0 Å². The molecule has 0 atom stereocenters. The molecule has 0 unspecified atom stereocenters. The molecule has 0 spiro atoms. The van der Waals surface area contributed by atoms with Crippen molar-refractivity contribution in [2.45, 2.75) is 19.4 Å². The first-order valence-corrected chi connectivity index (χ1v) is 9.45. The van der Waals surface area contributed by atoms with Gasteiger partial charge in [0.2, 0.25) is 5.91 Å². The zero-order valence-electron chi connectivity index (χ0n) is 14.5. The Bertz CT molecular complexity index is 1060. The summed E-state index contributed by atoms with van der Waals surface area (Å²) in [7, 11) is 0. The molecule has 0 aliphatic rings. The molecule has 6 nitrogen and oxygen atoms in total. The molecular weight excluding hydrogens is 406 g/mol. The van der Waals surface area contributed by atoms with Crippen LogP contribution in [0.15, 0.2) is 65.7 Å². The summed E-state index contributed by atoms with van der Waals surface area (Å²) in [6.07, 6.45) is 8.43. The Kier molecular flexibility index (Phi) is 5.02. The lowest BCUT2D eigenvalue weighted by molar-refractivity contribution is -0.116. The molecule has 4 rings (SSSR count). The molecule has 27 heavy (non-hydrogen) atoms. The zero-order valence-corrected chi connectivity index (χ0v) is 16.1. The summed E-state index contributed by atoms with van der Waals surface area (Å²) in [6, 6.07) is 11.6. The fourth-order valence-corrected chi connectivity index (χ4v) is 3.47. The molecule has 0 aliphatic heterocycles. The van der Waals surface area contributed by atoms with E-state index in [1.165, 1.54) is 5.56 Å². The van der Waals surface area contributed by atoms with Crippen molar-refractivity contribution >= 4 is 38.6 Å². The number of imidazole rings is 1. The number of aromatic amines is 1. The highest BCUT2D eigenvalue weighted by Gasteiger charge is 2.12. The third-order valence-electron chi connectivity index (χ3n) is 4.35. The van der Waals surface area contributed by atoms with E-state index < -0.39 is 0 Å². The van der Waals surface area contributed by atoms with Crippen LogP contribution < -0.4 is 5.32 Å². The minimum Gasteiger partial charge on any atom is -0.348 e. The molecule has 0 saturated heterocycles. The van der Waals surface area contributed by atoms with Crippen molar-refractivity contribution in [1.29, 1.82) is 0 Å². The van der Waals surface area contributed by atoms with Crippen molar-refractivity contribution in [2.24, 2.45) is 0 Å². The maximum absolute atomic E-state index is 12.3. The van der Waals surface area contributed by atoms with Crippen molar-refractivity contribution in [2.75, 3.05) is 5.32 Å². The van der Waals surface area contributed by atoms with Gasteiger partial charge in [-0.25, -0.2) is 9.97 Å². The molecule has 7 heteroatoms. The molecule has 3 heterocycles. The Morgan fingerprint density at radius 1 is 1.19 bits per heavy atom. The van der Waals surface area contributed by atoms with Gasteiger partial charge in [0.05, 0.1) is 0 Å². The first-order chi connectivity index (χ1) is 13.2. The lowest BCUT2D eigenvalue weighted by Crippen LogP contribution is -2.14. The number of aryl methyl sites for hydroxylation is 1. The van der Waals surface area contributed by atoms with Crippen LogP contribution in [-0.4, -0.2) is 25.4 Å². The van der Waals surface area contributed by atoms with Gasteiger partial charge in [0.25, 0.3) is 0 Å². The molecular formula is C20H18BrN5O. The Morgan fingerprint density at radius 2 is 2.11 bits per heavy atom. The predicted octanol–water partition coefficient (Wildman–Crippen LogP) is 4.14. The second kappa shape index (κ2) is 7.75. The second-order valence-electron chi connectivity index (χ2n) is 6.24. The van der Waals surface area contributed by atoms with Crippen LogP contribution in [0.3, 0.4) is 0 Å². The lowest BCUT2D eigenvalue weighted by atomic mass is 10.1. The summed E-state index contributed by atoms with van der Waals surface area (Å²) in [5.41, 5.74) is 2.27. The monoisotopic (exact) mass is 423 g/mol. The number of rotatable bonds is 6. The average molecular weight is 424 g/mol. The van der Waals surface area contributed by atoms with E-state index in [0.717, 1.165) is 21.2 Å². The Labute approximate surface area is 164 Å². The van der Waals surface area contributed by atoms with Gasteiger partial charge >= 0.3 is 0 Å². The number of aromatic nitrogens is 4. The maximum atomic E-state index is 12.3. The summed E-state index contributed by atoms with van der Waals surface area (Å²) in [6.45, 7) is 0.592. The van der Waals surface area contributed by atoms with Gasteiger partial charge in [0.1, 0.15) is 11.6 Å². The summed E-state index contributed by atoms with van der Waals surface area (Å²) in [5, 5.41) is 3.98. The summed E-state index contributed by atoms with van der Waals surface area (Å²) < 4.78 is 3.15. The molecule has 0 bridgehead atoms. The highest BCUT2D eigenvalue weighted by Crippen LogP contribution is 2.27. The largest absolute Gasteiger partial charge is 0.348 e. The Balaban J connectivity index is 1.53. The van der Waals surface area contributed by atoms with Gasteiger partial charge in [0.15, 0.2) is 0 Å². The van der Waals surface area contributed by atoms with E-state index in [1.807, 2.05) is 24.4 Å². The number of amides is 1. The number of fused-ring (bicyclic) bond motifs is 1. The van der Waals surface area contributed by atoms with Gasteiger partial charge in [-0.2, -0.15) is 0 Å². The van der Waals surface area contributed by atoms with Crippen LogP contribution in [0.1, 0.15) is 17.8 Å². The molecule has 0 radical (unpaired) electrons. The van der Waals surface area contributed by atoms with Gasteiger partial charge < -0.3 is 14.9 Å².